The van der Waals surface area contributed by atoms with Crippen LogP contribution in [0, 0.1) is 11.3 Å². The summed E-state index contributed by atoms with van der Waals surface area (Å²) in [4.78, 5) is 0. The molecule has 0 unspecified atom stereocenters. The van der Waals surface area contributed by atoms with Gasteiger partial charge in [0.05, 0.1) is 17.7 Å². The van der Waals surface area contributed by atoms with Gasteiger partial charge in [-0.25, -0.2) is 0 Å². The molecule has 0 fully saturated rings. The average molecular weight is 183 g/mol. The van der Waals surface area contributed by atoms with E-state index in [2.05, 4.69) is 0 Å². The highest BCUT2D eigenvalue weighted by Crippen LogP contribution is 2.30. The fraction of sp³-hybridized carbons (Fsp3) is 0.125. The lowest BCUT2D eigenvalue weighted by Gasteiger charge is -2.05. The van der Waals surface area contributed by atoms with E-state index in [4.69, 9.17) is 27.3 Å². The summed E-state index contributed by atoms with van der Waals surface area (Å²) in [6, 6.07) is 5.00. The number of benzene rings is 1. The van der Waals surface area contributed by atoms with Crippen molar-refractivity contribution in [3.63, 3.8) is 0 Å². The fourth-order valence-corrected chi connectivity index (χ4v) is 1.21. The first-order valence-electron chi connectivity index (χ1n) is 3.22. The van der Waals surface area contributed by atoms with Crippen LogP contribution in [0.5, 0.6) is 5.75 Å². The van der Waals surface area contributed by atoms with Crippen molar-refractivity contribution >= 4 is 17.3 Å². The van der Waals surface area contributed by atoms with Crippen molar-refractivity contribution in [1.29, 1.82) is 5.26 Å². The lowest BCUT2D eigenvalue weighted by molar-refractivity contribution is 0.414. The molecule has 0 aromatic heterocycles. The maximum atomic E-state index is 8.65. The number of nitrogens with two attached hydrogens (primary N) is 1. The molecular weight excluding hydrogens is 176 g/mol. The van der Waals surface area contributed by atoms with Gasteiger partial charge in [-0.05, 0) is 12.1 Å². The minimum Gasteiger partial charge on any atom is -0.494 e. The molecule has 0 aliphatic rings. The second-order valence-electron chi connectivity index (χ2n) is 2.20. The molecule has 0 amide bonds. The van der Waals surface area contributed by atoms with Crippen molar-refractivity contribution in [1.82, 2.24) is 0 Å². The molecule has 0 radical (unpaired) electrons. The highest BCUT2D eigenvalue weighted by atomic mass is 35.5. The van der Waals surface area contributed by atoms with Crippen LogP contribution in [0.25, 0.3) is 0 Å². The van der Waals surface area contributed by atoms with E-state index in [0.29, 0.717) is 22.0 Å². The van der Waals surface area contributed by atoms with Gasteiger partial charge in [0.2, 0.25) is 0 Å². The van der Waals surface area contributed by atoms with Gasteiger partial charge in [0.25, 0.3) is 0 Å². The summed E-state index contributed by atoms with van der Waals surface area (Å²) in [6.07, 6.45) is 0. The summed E-state index contributed by atoms with van der Waals surface area (Å²) in [5.74, 6) is 0.369. The minimum atomic E-state index is 0.350. The van der Waals surface area contributed by atoms with Crippen molar-refractivity contribution in [3.05, 3.63) is 22.7 Å². The van der Waals surface area contributed by atoms with Crippen LogP contribution >= 0.6 is 11.6 Å². The normalized spacial score (nSPS) is 9.08. The standard InChI is InChI=1S/C8H7ClN2O/c1-12-8-5(4-10)2-6(11)3-7(8)9/h2-3H,11H2,1H3. The van der Waals surface area contributed by atoms with Crippen molar-refractivity contribution in [2.24, 2.45) is 0 Å². The lowest BCUT2D eigenvalue weighted by Crippen LogP contribution is -1.92. The van der Waals surface area contributed by atoms with Crippen molar-refractivity contribution < 1.29 is 4.74 Å². The van der Waals surface area contributed by atoms with E-state index in [-0.39, 0.29) is 0 Å². The number of rotatable bonds is 1. The molecule has 0 atom stereocenters. The molecule has 0 aliphatic carbocycles. The lowest BCUT2D eigenvalue weighted by atomic mass is 10.2. The number of hydrogen-bond donors (Lipinski definition) is 1. The summed E-state index contributed by atoms with van der Waals surface area (Å²) in [5.41, 5.74) is 6.27. The van der Waals surface area contributed by atoms with Gasteiger partial charge in [-0.15, -0.1) is 0 Å². The van der Waals surface area contributed by atoms with E-state index in [9.17, 15) is 0 Å². The largest absolute Gasteiger partial charge is 0.494 e. The van der Waals surface area contributed by atoms with Gasteiger partial charge in [-0.2, -0.15) is 5.26 Å². The summed E-state index contributed by atoms with van der Waals surface area (Å²) in [6.45, 7) is 0. The number of nitrogen functional groups attached to an aromatic ring is 1. The molecule has 0 heterocycles. The van der Waals surface area contributed by atoms with Gasteiger partial charge >= 0.3 is 0 Å². The predicted molar refractivity (Wildman–Crippen MR) is 47.1 cm³/mol. The number of methoxy groups -OCH3 is 1. The second kappa shape index (κ2) is 3.33. The number of halogens is 1. The maximum Gasteiger partial charge on any atom is 0.155 e. The predicted octanol–water partition coefficient (Wildman–Crippen LogP) is 1.80. The topological polar surface area (TPSA) is 59.0 Å². The van der Waals surface area contributed by atoms with Gasteiger partial charge < -0.3 is 10.5 Å². The van der Waals surface area contributed by atoms with Crippen LogP contribution in [0.3, 0.4) is 0 Å². The van der Waals surface area contributed by atoms with E-state index >= 15 is 0 Å². The van der Waals surface area contributed by atoms with Gasteiger partial charge in [0.1, 0.15) is 6.07 Å². The van der Waals surface area contributed by atoms with Crippen LogP contribution in [0.1, 0.15) is 5.56 Å². The van der Waals surface area contributed by atoms with Gasteiger partial charge in [0.15, 0.2) is 5.75 Å². The molecule has 1 rings (SSSR count). The molecular formula is C8H7ClN2O. The number of nitrogens with zero attached hydrogens (tertiary/aromatic N) is 1. The van der Waals surface area contributed by atoms with E-state index in [0.717, 1.165) is 0 Å². The fourth-order valence-electron chi connectivity index (χ4n) is 0.905. The monoisotopic (exact) mass is 182 g/mol. The highest BCUT2D eigenvalue weighted by molar-refractivity contribution is 6.32. The summed E-state index contributed by atoms with van der Waals surface area (Å²) >= 11 is 5.76. The first-order chi connectivity index (χ1) is 5.69. The zero-order chi connectivity index (χ0) is 9.14. The molecule has 0 saturated heterocycles. The smallest absolute Gasteiger partial charge is 0.155 e. The minimum absolute atomic E-state index is 0.350. The van der Waals surface area contributed by atoms with E-state index in [1.807, 2.05) is 6.07 Å². The Hall–Kier alpha value is -1.40. The third-order valence-electron chi connectivity index (χ3n) is 1.39. The second-order valence-corrected chi connectivity index (χ2v) is 2.60. The molecule has 0 saturated carbocycles. The van der Waals surface area contributed by atoms with Crippen LogP contribution in [-0.2, 0) is 0 Å². The van der Waals surface area contributed by atoms with Gasteiger partial charge in [-0.3, -0.25) is 0 Å². The zero-order valence-electron chi connectivity index (χ0n) is 6.47. The molecule has 4 heteroatoms. The quantitative estimate of drug-likeness (QED) is 0.674. The summed E-state index contributed by atoms with van der Waals surface area (Å²) in [5, 5.41) is 9.01. The molecule has 1 aromatic carbocycles. The van der Waals surface area contributed by atoms with Crippen LogP contribution in [0.4, 0.5) is 5.69 Å². The number of hydrogen-bond acceptors (Lipinski definition) is 3. The first-order valence-corrected chi connectivity index (χ1v) is 3.60. The number of nitriles is 1. The molecule has 1 aromatic rings. The molecule has 0 spiro atoms. The zero-order valence-corrected chi connectivity index (χ0v) is 7.22. The Kier molecular flexibility index (Phi) is 2.41. The number of anilines is 1. The maximum absolute atomic E-state index is 8.65. The SMILES string of the molecule is COc1c(Cl)cc(N)cc1C#N. The molecule has 0 bridgehead atoms. The first kappa shape index (κ1) is 8.69. The molecule has 62 valence electrons. The van der Waals surface area contributed by atoms with E-state index < -0.39 is 0 Å². The van der Waals surface area contributed by atoms with E-state index in [1.165, 1.54) is 13.2 Å². The Labute approximate surface area is 75.3 Å². The Morgan fingerprint density at radius 3 is 2.75 bits per heavy atom. The molecule has 3 nitrogen and oxygen atoms in total. The van der Waals surface area contributed by atoms with E-state index in [1.54, 1.807) is 6.07 Å². The third kappa shape index (κ3) is 1.44. The van der Waals surface area contributed by atoms with Crippen LogP contribution in [0.2, 0.25) is 5.02 Å². The molecule has 0 aliphatic heterocycles. The Bertz CT molecular complexity index is 344. The van der Waals surface area contributed by atoms with Crippen LogP contribution < -0.4 is 10.5 Å². The van der Waals surface area contributed by atoms with Gasteiger partial charge in [0, 0.05) is 5.69 Å². The van der Waals surface area contributed by atoms with Crippen LogP contribution in [0.15, 0.2) is 12.1 Å². The van der Waals surface area contributed by atoms with Crippen molar-refractivity contribution in [2.45, 2.75) is 0 Å². The van der Waals surface area contributed by atoms with Crippen molar-refractivity contribution in [2.75, 3.05) is 12.8 Å². The van der Waals surface area contributed by atoms with Crippen molar-refractivity contribution in [3.8, 4) is 11.8 Å². The summed E-state index contributed by atoms with van der Waals surface area (Å²) < 4.78 is 4.91. The Balaban J connectivity index is 3.36. The summed E-state index contributed by atoms with van der Waals surface area (Å²) in [7, 11) is 1.46. The average Bonchev–Trinajstić information content (AvgIpc) is 2.03. The highest BCUT2D eigenvalue weighted by Gasteiger charge is 2.07. The molecule has 12 heavy (non-hydrogen) atoms. The Morgan fingerprint density at radius 2 is 2.25 bits per heavy atom. The molecule has 2 N–H and O–H groups in total. The number of ether oxygens (including phenoxy) is 1. The Morgan fingerprint density at radius 1 is 1.58 bits per heavy atom. The van der Waals surface area contributed by atoms with Gasteiger partial charge in [-0.1, -0.05) is 11.6 Å². The third-order valence-corrected chi connectivity index (χ3v) is 1.67. The van der Waals surface area contributed by atoms with Crippen LogP contribution in [-0.4, -0.2) is 7.11 Å².